The summed E-state index contributed by atoms with van der Waals surface area (Å²) >= 11 is 0. The normalized spacial score (nSPS) is 16.2. The van der Waals surface area contributed by atoms with Crippen LogP contribution in [0.25, 0.3) is 12.2 Å². The van der Waals surface area contributed by atoms with Crippen LogP contribution >= 0.6 is 0 Å². The van der Waals surface area contributed by atoms with E-state index in [-0.39, 0.29) is 0 Å². The van der Waals surface area contributed by atoms with Gasteiger partial charge in [-0.05, 0) is 42.0 Å². The summed E-state index contributed by atoms with van der Waals surface area (Å²) in [5, 5.41) is 0. The van der Waals surface area contributed by atoms with Crippen molar-refractivity contribution in [2.75, 3.05) is 0 Å². The molecule has 0 bridgehead atoms. The number of hydrogen-bond acceptors (Lipinski definition) is 2. The van der Waals surface area contributed by atoms with Crippen molar-refractivity contribution in [2.24, 2.45) is 0 Å². The first-order chi connectivity index (χ1) is 9.42. The van der Waals surface area contributed by atoms with Crippen molar-refractivity contribution in [3.05, 3.63) is 59.7 Å². The average Bonchev–Trinajstić information content (AvgIpc) is 3.01. The second-order valence-electron chi connectivity index (χ2n) is 5.12. The van der Waals surface area contributed by atoms with Gasteiger partial charge in [0.25, 0.3) is 0 Å². The Labute approximate surface area is 114 Å². The van der Waals surface area contributed by atoms with Crippen LogP contribution in [0, 0.1) is 0 Å². The van der Waals surface area contributed by atoms with Gasteiger partial charge in [0.15, 0.2) is 0 Å². The molecule has 0 atom stereocenters. The Morgan fingerprint density at radius 2 is 1.74 bits per heavy atom. The van der Waals surface area contributed by atoms with E-state index in [9.17, 15) is 0 Å². The van der Waals surface area contributed by atoms with Crippen LogP contribution in [0.1, 0.15) is 48.4 Å². The van der Waals surface area contributed by atoms with E-state index in [4.69, 9.17) is 0 Å². The standard InChI is InChI=1S/C17H18N2/c1-2-4-15(3-1)16-8-5-14(6-9-16)7-10-17-11-12-18-13-19-17/h5-13,15H,1-4H2/b10-7+. The molecule has 3 rings (SSSR count). The maximum atomic E-state index is 4.18. The van der Waals surface area contributed by atoms with Crippen LogP contribution < -0.4 is 0 Å². The molecule has 0 saturated heterocycles. The number of nitrogens with zero attached hydrogens (tertiary/aromatic N) is 2. The molecule has 0 radical (unpaired) electrons. The third kappa shape index (κ3) is 3.08. The smallest absolute Gasteiger partial charge is 0.115 e. The first-order valence-electron chi connectivity index (χ1n) is 6.96. The highest BCUT2D eigenvalue weighted by Gasteiger charge is 2.16. The fraction of sp³-hybridized carbons (Fsp3) is 0.294. The lowest BCUT2D eigenvalue weighted by molar-refractivity contribution is 0.723. The van der Waals surface area contributed by atoms with Gasteiger partial charge in [-0.1, -0.05) is 43.2 Å². The average molecular weight is 250 g/mol. The molecule has 1 aliphatic carbocycles. The highest BCUT2D eigenvalue weighted by molar-refractivity contribution is 5.67. The van der Waals surface area contributed by atoms with Crippen LogP contribution in [0.2, 0.25) is 0 Å². The minimum absolute atomic E-state index is 0.792. The largest absolute Gasteiger partial charge is 0.245 e. The number of hydrogen-bond donors (Lipinski definition) is 0. The Morgan fingerprint density at radius 1 is 0.947 bits per heavy atom. The van der Waals surface area contributed by atoms with Gasteiger partial charge in [-0.25, -0.2) is 9.97 Å². The van der Waals surface area contributed by atoms with E-state index >= 15 is 0 Å². The molecule has 2 nitrogen and oxygen atoms in total. The molecule has 0 unspecified atom stereocenters. The molecule has 1 saturated carbocycles. The summed E-state index contributed by atoms with van der Waals surface area (Å²) in [5.41, 5.74) is 3.66. The first-order valence-corrected chi connectivity index (χ1v) is 6.96. The van der Waals surface area contributed by atoms with Gasteiger partial charge in [-0.15, -0.1) is 0 Å². The third-order valence-corrected chi connectivity index (χ3v) is 3.81. The molecule has 0 amide bonds. The Hall–Kier alpha value is -1.96. The van der Waals surface area contributed by atoms with Gasteiger partial charge in [0, 0.05) is 6.20 Å². The Morgan fingerprint density at radius 3 is 2.42 bits per heavy atom. The van der Waals surface area contributed by atoms with E-state index in [2.05, 4.69) is 40.3 Å². The van der Waals surface area contributed by atoms with Crippen LogP contribution in [0.3, 0.4) is 0 Å². The van der Waals surface area contributed by atoms with Gasteiger partial charge < -0.3 is 0 Å². The van der Waals surface area contributed by atoms with Crippen molar-refractivity contribution < 1.29 is 0 Å². The SMILES string of the molecule is C(=C\c1ccncn1)/c1ccc(C2CCCC2)cc1. The Balaban J connectivity index is 1.70. The lowest BCUT2D eigenvalue weighted by Gasteiger charge is -2.09. The zero-order valence-corrected chi connectivity index (χ0v) is 11.0. The molecule has 1 aromatic heterocycles. The molecular weight excluding hydrogens is 232 g/mol. The van der Waals surface area contributed by atoms with E-state index in [1.54, 1.807) is 12.5 Å². The fourth-order valence-corrected chi connectivity index (χ4v) is 2.72. The Bertz CT molecular complexity index is 537. The number of aromatic nitrogens is 2. The third-order valence-electron chi connectivity index (χ3n) is 3.81. The lowest BCUT2D eigenvalue weighted by Crippen LogP contribution is -1.91. The van der Waals surface area contributed by atoms with Crippen LogP contribution in [-0.2, 0) is 0 Å². The van der Waals surface area contributed by atoms with Crippen molar-refractivity contribution >= 4 is 12.2 Å². The number of rotatable bonds is 3. The quantitative estimate of drug-likeness (QED) is 0.811. The topological polar surface area (TPSA) is 25.8 Å². The van der Waals surface area contributed by atoms with Crippen LogP contribution in [0.15, 0.2) is 42.9 Å². The second kappa shape index (κ2) is 5.79. The highest BCUT2D eigenvalue weighted by Crippen LogP contribution is 2.34. The molecule has 96 valence electrons. The molecule has 19 heavy (non-hydrogen) atoms. The first kappa shape index (κ1) is 12.1. The van der Waals surface area contributed by atoms with E-state index in [0.717, 1.165) is 11.6 Å². The second-order valence-corrected chi connectivity index (χ2v) is 5.12. The van der Waals surface area contributed by atoms with Crippen molar-refractivity contribution in [1.82, 2.24) is 9.97 Å². The van der Waals surface area contributed by atoms with E-state index in [0.29, 0.717) is 0 Å². The molecular formula is C17H18N2. The van der Waals surface area contributed by atoms with Gasteiger partial charge in [-0.2, -0.15) is 0 Å². The molecule has 0 N–H and O–H groups in total. The predicted octanol–water partition coefficient (Wildman–Crippen LogP) is 4.30. The minimum atomic E-state index is 0.792. The molecule has 0 aliphatic heterocycles. The molecule has 1 aliphatic rings. The monoisotopic (exact) mass is 250 g/mol. The Kier molecular flexibility index (Phi) is 3.68. The van der Waals surface area contributed by atoms with Gasteiger partial charge in [-0.3, -0.25) is 0 Å². The summed E-state index contributed by atoms with van der Waals surface area (Å²) in [6, 6.07) is 10.9. The van der Waals surface area contributed by atoms with Crippen LogP contribution in [-0.4, -0.2) is 9.97 Å². The summed E-state index contributed by atoms with van der Waals surface area (Å²) in [7, 11) is 0. The lowest BCUT2D eigenvalue weighted by atomic mass is 9.97. The molecule has 2 heteroatoms. The zero-order valence-electron chi connectivity index (χ0n) is 11.0. The molecule has 1 fully saturated rings. The van der Waals surface area contributed by atoms with Gasteiger partial charge >= 0.3 is 0 Å². The fourth-order valence-electron chi connectivity index (χ4n) is 2.72. The van der Waals surface area contributed by atoms with E-state index in [1.807, 2.05) is 12.1 Å². The molecule has 2 aromatic rings. The van der Waals surface area contributed by atoms with Crippen LogP contribution in [0.4, 0.5) is 0 Å². The summed E-state index contributed by atoms with van der Waals surface area (Å²) in [5.74, 6) is 0.792. The van der Waals surface area contributed by atoms with Gasteiger partial charge in [0.05, 0.1) is 5.69 Å². The summed E-state index contributed by atoms with van der Waals surface area (Å²) < 4.78 is 0. The van der Waals surface area contributed by atoms with Crippen molar-refractivity contribution in [2.45, 2.75) is 31.6 Å². The maximum absolute atomic E-state index is 4.18. The summed E-state index contributed by atoms with van der Waals surface area (Å²) in [6.45, 7) is 0. The maximum Gasteiger partial charge on any atom is 0.115 e. The van der Waals surface area contributed by atoms with Crippen molar-refractivity contribution in [1.29, 1.82) is 0 Å². The summed E-state index contributed by atoms with van der Waals surface area (Å²) in [6.07, 6.45) is 12.9. The zero-order chi connectivity index (χ0) is 12.9. The van der Waals surface area contributed by atoms with Crippen molar-refractivity contribution in [3.8, 4) is 0 Å². The minimum Gasteiger partial charge on any atom is -0.245 e. The van der Waals surface area contributed by atoms with Gasteiger partial charge in [0.1, 0.15) is 6.33 Å². The van der Waals surface area contributed by atoms with Crippen molar-refractivity contribution in [3.63, 3.8) is 0 Å². The molecule has 1 heterocycles. The van der Waals surface area contributed by atoms with Gasteiger partial charge in [0.2, 0.25) is 0 Å². The molecule has 0 spiro atoms. The van der Waals surface area contributed by atoms with Crippen LogP contribution in [0.5, 0.6) is 0 Å². The summed E-state index contributed by atoms with van der Waals surface area (Å²) in [4.78, 5) is 8.09. The predicted molar refractivity (Wildman–Crippen MR) is 78.6 cm³/mol. The van der Waals surface area contributed by atoms with E-state index in [1.165, 1.54) is 36.8 Å². The number of benzene rings is 1. The van der Waals surface area contributed by atoms with E-state index < -0.39 is 0 Å². The highest BCUT2D eigenvalue weighted by atomic mass is 14.8. The molecule has 1 aromatic carbocycles.